The largest absolute Gasteiger partial charge is 0.480 e. The molecule has 0 aliphatic heterocycles. The van der Waals surface area contributed by atoms with Gasteiger partial charge in [-0.05, 0) is 29.0 Å². The van der Waals surface area contributed by atoms with Crippen molar-refractivity contribution in [3.63, 3.8) is 0 Å². The van der Waals surface area contributed by atoms with Crippen LogP contribution in [-0.2, 0) is 0 Å². The van der Waals surface area contributed by atoms with Crippen LogP contribution in [0.3, 0.4) is 0 Å². The van der Waals surface area contributed by atoms with Crippen molar-refractivity contribution in [2.45, 2.75) is 0 Å². The summed E-state index contributed by atoms with van der Waals surface area (Å²) in [6.07, 6.45) is 7.04. The third-order valence-electron chi connectivity index (χ3n) is 5.33. The third kappa shape index (κ3) is 3.86. The smallest absolute Gasteiger partial charge is 0.282 e. The predicted molar refractivity (Wildman–Crippen MR) is 133 cm³/mol. The maximum absolute atomic E-state index is 13.4. The van der Waals surface area contributed by atoms with Crippen molar-refractivity contribution < 1.29 is 4.74 Å². The fourth-order valence-electron chi connectivity index (χ4n) is 3.77. The average Bonchev–Trinajstić information content (AvgIpc) is 2.87. The number of ether oxygens (including phenoxy) is 1. The summed E-state index contributed by atoms with van der Waals surface area (Å²) in [6.45, 7) is 0.131. The van der Waals surface area contributed by atoms with E-state index >= 15 is 0 Å². The van der Waals surface area contributed by atoms with E-state index in [4.69, 9.17) is 16.1 Å². The van der Waals surface area contributed by atoms with Crippen molar-refractivity contribution in [1.29, 1.82) is 0 Å². The second-order valence-electron chi connectivity index (χ2n) is 7.37. The van der Waals surface area contributed by atoms with Crippen molar-refractivity contribution in [1.82, 2.24) is 9.66 Å². The Bertz CT molecular complexity index is 1600. The Labute approximate surface area is 190 Å². The molecule has 5 rings (SSSR count). The predicted octanol–water partition coefficient (Wildman–Crippen LogP) is 5.11. The lowest BCUT2D eigenvalue weighted by Gasteiger charge is -2.12. The molecule has 1 heterocycles. The van der Waals surface area contributed by atoms with E-state index in [0.717, 1.165) is 21.9 Å². The van der Waals surface area contributed by atoms with Crippen molar-refractivity contribution in [3.8, 4) is 29.5 Å². The van der Waals surface area contributed by atoms with Gasteiger partial charge in [0.25, 0.3) is 5.56 Å². The van der Waals surface area contributed by atoms with Crippen LogP contribution in [0.2, 0.25) is 0 Å². The van der Waals surface area contributed by atoms with E-state index in [2.05, 4.69) is 11.0 Å². The van der Waals surface area contributed by atoms with Crippen LogP contribution in [0.15, 0.2) is 101 Å². The molecule has 0 saturated carbocycles. The van der Waals surface area contributed by atoms with Crippen LogP contribution in [0.1, 0.15) is 5.56 Å². The molecular weight excluding hydrogens is 410 g/mol. The molecular formula is C28H19N3O2. The minimum absolute atomic E-state index is 0.131. The number of rotatable bonds is 5. The van der Waals surface area contributed by atoms with E-state index in [-0.39, 0.29) is 12.2 Å². The minimum atomic E-state index is -0.248. The molecule has 0 aliphatic carbocycles. The summed E-state index contributed by atoms with van der Waals surface area (Å²) < 4.78 is 7.11. The van der Waals surface area contributed by atoms with E-state index in [1.807, 2.05) is 84.9 Å². The molecule has 0 amide bonds. The van der Waals surface area contributed by atoms with Gasteiger partial charge in [-0.2, -0.15) is 9.78 Å². The first-order chi connectivity index (χ1) is 16.3. The van der Waals surface area contributed by atoms with Gasteiger partial charge in [0.15, 0.2) is 5.82 Å². The lowest BCUT2D eigenvalue weighted by molar-refractivity contribution is 0.370. The summed E-state index contributed by atoms with van der Waals surface area (Å²) in [4.78, 5) is 18.2. The summed E-state index contributed by atoms with van der Waals surface area (Å²) in [5.41, 5.74) is 1.90. The van der Waals surface area contributed by atoms with Crippen LogP contribution in [0.25, 0.3) is 33.1 Å². The maximum atomic E-state index is 13.4. The van der Waals surface area contributed by atoms with E-state index < -0.39 is 0 Å². The molecule has 0 bridgehead atoms. The van der Waals surface area contributed by atoms with Gasteiger partial charge < -0.3 is 4.74 Å². The number of nitrogens with zero attached hydrogens (tertiary/aromatic N) is 3. The molecule has 0 atom stereocenters. The molecule has 5 heteroatoms. The van der Waals surface area contributed by atoms with Gasteiger partial charge in [-0.3, -0.25) is 4.79 Å². The number of hydrogen-bond donors (Lipinski definition) is 0. The first kappa shape index (κ1) is 20.2. The van der Waals surface area contributed by atoms with Crippen LogP contribution in [-0.4, -0.2) is 22.5 Å². The molecule has 5 aromatic rings. The maximum Gasteiger partial charge on any atom is 0.282 e. The Kier molecular flexibility index (Phi) is 5.40. The number of para-hydroxylation sites is 1. The number of benzene rings is 4. The number of hydrogen-bond acceptors (Lipinski definition) is 4. The number of aromatic nitrogens is 2. The van der Waals surface area contributed by atoms with Crippen LogP contribution in [0.5, 0.6) is 5.75 Å². The van der Waals surface area contributed by atoms with E-state index in [1.165, 1.54) is 4.68 Å². The summed E-state index contributed by atoms with van der Waals surface area (Å²) in [5, 5.41) is 7.07. The Morgan fingerprint density at radius 2 is 1.64 bits per heavy atom. The van der Waals surface area contributed by atoms with Crippen molar-refractivity contribution in [2.75, 3.05) is 6.61 Å². The zero-order chi connectivity index (χ0) is 22.6. The summed E-state index contributed by atoms with van der Waals surface area (Å²) in [6, 6.07) is 28.5. The quantitative estimate of drug-likeness (QED) is 0.288. The van der Waals surface area contributed by atoms with E-state index in [0.29, 0.717) is 22.5 Å². The molecule has 0 unspecified atom stereocenters. The molecule has 1 aromatic heterocycles. The minimum Gasteiger partial charge on any atom is -0.480 e. The molecule has 4 aromatic carbocycles. The fraction of sp³-hybridized carbons (Fsp3) is 0.0357. The normalized spacial score (nSPS) is 11.1. The Morgan fingerprint density at radius 1 is 0.909 bits per heavy atom. The van der Waals surface area contributed by atoms with Gasteiger partial charge in [-0.1, -0.05) is 78.7 Å². The summed E-state index contributed by atoms with van der Waals surface area (Å²) in [5.74, 6) is 3.55. The van der Waals surface area contributed by atoms with Gasteiger partial charge in [-0.25, -0.2) is 4.98 Å². The van der Waals surface area contributed by atoms with Crippen molar-refractivity contribution >= 4 is 27.9 Å². The van der Waals surface area contributed by atoms with Crippen LogP contribution in [0, 0.1) is 12.3 Å². The SMILES string of the molecule is C#CCOc1ccc2ccccc2c1C=Nn1c(-c2ccccc2)nc2ccccc2c1=O. The third-order valence-corrected chi connectivity index (χ3v) is 5.33. The standard InChI is InChI=1S/C28H19N3O2/c1-2-18-33-26-17-16-20-10-6-7-13-22(20)24(26)19-29-31-27(21-11-4-3-5-12-21)30-25-15-9-8-14-23(25)28(31)32/h1,3-17,19H,18H2. The molecule has 0 N–H and O–H groups in total. The second kappa shape index (κ2) is 8.81. The molecule has 0 aliphatic rings. The average molecular weight is 429 g/mol. The van der Waals surface area contributed by atoms with Gasteiger partial charge in [0.2, 0.25) is 0 Å². The molecule has 0 spiro atoms. The van der Waals surface area contributed by atoms with Crippen molar-refractivity contribution in [3.05, 3.63) is 107 Å². The Morgan fingerprint density at radius 3 is 2.45 bits per heavy atom. The van der Waals surface area contributed by atoms with Crippen LogP contribution in [0.4, 0.5) is 0 Å². The molecule has 158 valence electrons. The molecule has 33 heavy (non-hydrogen) atoms. The van der Waals surface area contributed by atoms with Crippen LogP contribution >= 0.6 is 0 Å². The number of terminal acetylenes is 1. The summed E-state index contributed by atoms with van der Waals surface area (Å²) >= 11 is 0. The molecule has 5 nitrogen and oxygen atoms in total. The highest BCUT2D eigenvalue weighted by molar-refractivity contribution is 6.02. The highest BCUT2D eigenvalue weighted by atomic mass is 16.5. The van der Waals surface area contributed by atoms with Crippen molar-refractivity contribution in [2.24, 2.45) is 5.10 Å². The van der Waals surface area contributed by atoms with E-state index in [1.54, 1.807) is 12.3 Å². The lowest BCUT2D eigenvalue weighted by Crippen LogP contribution is -2.20. The topological polar surface area (TPSA) is 56.5 Å². The lowest BCUT2D eigenvalue weighted by atomic mass is 10.0. The van der Waals surface area contributed by atoms with E-state index in [9.17, 15) is 4.79 Å². The fourth-order valence-corrected chi connectivity index (χ4v) is 3.77. The van der Waals surface area contributed by atoms with Crippen LogP contribution < -0.4 is 10.3 Å². The Balaban J connectivity index is 1.74. The highest BCUT2D eigenvalue weighted by Crippen LogP contribution is 2.27. The zero-order valence-corrected chi connectivity index (χ0v) is 17.7. The molecule has 0 saturated heterocycles. The first-order valence-electron chi connectivity index (χ1n) is 10.5. The highest BCUT2D eigenvalue weighted by Gasteiger charge is 2.13. The van der Waals surface area contributed by atoms with Gasteiger partial charge in [0.1, 0.15) is 12.4 Å². The molecule has 0 fully saturated rings. The first-order valence-corrected chi connectivity index (χ1v) is 10.5. The monoisotopic (exact) mass is 429 g/mol. The van der Waals surface area contributed by atoms with Gasteiger partial charge in [-0.15, -0.1) is 6.42 Å². The molecule has 0 radical (unpaired) electrons. The van der Waals surface area contributed by atoms with Gasteiger partial charge in [0.05, 0.1) is 17.1 Å². The van der Waals surface area contributed by atoms with Gasteiger partial charge >= 0.3 is 0 Å². The Hall–Kier alpha value is -4.69. The second-order valence-corrected chi connectivity index (χ2v) is 7.37. The van der Waals surface area contributed by atoms with Gasteiger partial charge in [0, 0.05) is 11.1 Å². The number of fused-ring (bicyclic) bond motifs is 2. The zero-order valence-electron chi connectivity index (χ0n) is 17.7. The summed E-state index contributed by atoms with van der Waals surface area (Å²) in [7, 11) is 0.